The van der Waals surface area contributed by atoms with Crippen molar-refractivity contribution in [1.29, 1.82) is 0 Å². The van der Waals surface area contributed by atoms with Crippen molar-refractivity contribution in [1.82, 2.24) is 0 Å². The van der Waals surface area contributed by atoms with E-state index in [0.717, 1.165) is 42.7 Å². The molecule has 1 aliphatic carbocycles. The molecule has 0 amide bonds. The molecule has 22 nitrogen and oxygen atoms in total. The van der Waals surface area contributed by atoms with Crippen molar-refractivity contribution >= 4 is 0 Å². The van der Waals surface area contributed by atoms with Gasteiger partial charge in [-0.2, -0.15) is 4.74 Å². The standard InChI is InChI=1S/C51H55N3O19/c1-62-47(63-2)43(42(68-32-37-22-12-7-13-23-37)45(69-33-38-24-14-8-15-25-38)48(64-3,65-4)51(47,66-5)67-6)49(53(58)59,71-35-40-28-18-10-19-29-40)73-50(54(60)61,72-36-41-30-20-11-21-31-41)44(55)46(52(56)57)70-34-39-26-16-9-17-27-39/h7-31,43,55H,32-36H2,1-6H3/p-1. The number of hydrogen-bond donors (Lipinski definition) is 0. The first-order valence-corrected chi connectivity index (χ1v) is 22.2. The minimum atomic E-state index is -4.36. The molecule has 0 bridgehead atoms. The summed E-state index contributed by atoms with van der Waals surface area (Å²) in [6.07, 6.45) is 0. The van der Waals surface area contributed by atoms with Crippen molar-refractivity contribution in [3.63, 3.8) is 0 Å². The van der Waals surface area contributed by atoms with Crippen LogP contribution in [0.25, 0.3) is 0 Å². The van der Waals surface area contributed by atoms with E-state index in [0.29, 0.717) is 11.1 Å². The first-order chi connectivity index (χ1) is 35.2. The van der Waals surface area contributed by atoms with Crippen LogP contribution in [0.3, 0.4) is 0 Å². The average molecular weight is 1010 g/mol. The predicted octanol–water partition coefficient (Wildman–Crippen LogP) is 6.56. The highest BCUT2D eigenvalue weighted by atomic mass is 16.9. The van der Waals surface area contributed by atoms with Gasteiger partial charge in [-0.25, -0.2) is 0 Å². The number of benzene rings is 5. The molecule has 0 fully saturated rings. The van der Waals surface area contributed by atoms with E-state index in [-0.39, 0.29) is 23.3 Å². The van der Waals surface area contributed by atoms with Crippen molar-refractivity contribution in [2.45, 2.75) is 62.2 Å². The highest BCUT2D eigenvalue weighted by Gasteiger charge is 2.86. The van der Waals surface area contributed by atoms with E-state index in [4.69, 9.17) is 56.8 Å². The number of ether oxygens (including phenoxy) is 12. The molecule has 3 unspecified atom stereocenters. The minimum absolute atomic E-state index is 0.141. The first-order valence-electron chi connectivity index (χ1n) is 22.2. The molecule has 0 saturated carbocycles. The fourth-order valence-electron chi connectivity index (χ4n) is 8.44. The fourth-order valence-corrected chi connectivity index (χ4v) is 8.44. The number of nitrogens with zero attached hydrogens (tertiary/aromatic N) is 3. The normalized spacial score (nSPS) is 17.8. The number of rotatable bonds is 28. The number of hydrogen-bond acceptors (Lipinski definition) is 19. The molecule has 5 aromatic carbocycles. The Morgan fingerprint density at radius 1 is 0.507 bits per heavy atom. The van der Waals surface area contributed by atoms with Gasteiger partial charge in [0.1, 0.15) is 30.5 Å². The Bertz CT molecular complexity index is 2650. The third kappa shape index (κ3) is 10.7. The maximum Gasteiger partial charge on any atom is 0.473 e. The van der Waals surface area contributed by atoms with Gasteiger partial charge in [-0.05, 0) is 27.8 Å². The van der Waals surface area contributed by atoms with Gasteiger partial charge >= 0.3 is 17.7 Å². The zero-order valence-corrected chi connectivity index (χ0v) is 40.6. The molecular formula is C51H54N3O19-. The van der Waals surface area contributed by atoms with Gasteiger partial charge < -0.3 is 47.7 Å². The zero-order valence-electron chi connectivity index (χ0n) is 40.6. The van der Waals surface area contributed by atoms with E-state index in [1.54, 1.807) is 103 Å². The Kier molecular flexibility index (Phi) is 18.3. The maximum absolute atomic E-state index is 15.2. The summed E-state index contributed by atoms with van der Waals surface area (Å²) in [7, 11) is 6.43. The van der Waals surface area contributed by atoms with Crippen LogP contribution in [-0.2, 0) is 89.9 Å². The molecule has 0 spiro atoms. The summed E-state index contributed by atoms with van der Waals surface area (Å²) in [6.45, 7) is -3.32. The summed E-state index contributed by atoms with van der Waals surface area (Å²) in [4.78, 5) is 37.8. The van der Waals surface area contributed by atoms with E-state index in [1.807, 2.05) is 0 Å². The summed E-state index contributed by atoms with van der Waals surface area (Å²) in [5, 5.41) is 57.2. The smallest absolute Gasteiger partial charge is 0.473 e. The Labute approximate surface area is 419 Å². The van der Waals surface area contributed by atoms with Crippen molar-refractivity contribution < 1.29 is 76.7 Å². The second kappa shape index (κ2) is 24.4. The van der Waals surface area contributed by atoms with E-state index in [1.165, 1.54) is 48.5 Å². The van der Waals surface area contributed by atoms with Crippen LogP contribution in [0, 0.1) is 36.3 Å². The Hall–Kier alpha value is -7.38. The fraction of sp³-hybridized carbons (Fsp3) is 0.333. The van der Waals surface area contributed by atoms with Crippen molar-refractivity contribution in [3.05, 3.63) is 233 Å². The Morgan fingerprint density at radius 2 is 0.904 bits per heavy atom. The number of nitro groups is 3. The van der Waals surface area contributed by atoms with Gasteiger partial charge in [0.25, 0.3) is 17.4 Å². The number of methoxy groups -OCH3 is 6. The van der Waals surface area contributed by atoms with Crippen LogP contribution in [-0.4, -0.2) is 86.6 Å². The monoisotopic (exact) mass is 1010 g/mol. The molecule has 0 heterocycles. The first kappa shape index (κ1) is 54.9. The van der Waals surface area contributed by atoms with Crippen LogP contribution >= 0.6 is 0 Å². The summed E-state index contributed by atoms with van der Waals surface area (Å²) < 4.78 is 74.3. The largest absolute Gasteiger partial charge is 0.860 e. The van der Waals surface area contributed by atoms with Crippen LogP contribution in [0.1, 0.15) is 27.8 Å². The van der Waals surface area contributed by atoms with Crippen molar-refractivity contribution in [3.8, 4) is 0 Å². The lowest BCUT2D eigenvalue weighted by Crippen LogP contribution is -2.82. The highest BCUT2D eigenvalue weighted by molar-refractivity contribution is 5.33. The van der Waals surface area contributed by atoms with E-state index >= 15 is 5.11 Å². The van der Waals surface area contributed by atoms with Crippen LogP contribution in [0.4, 0.5) is 0 Å². The molecule has 73 heavy (non-hydrogen) atoms. The maximum atomic E-state index is 15.2. The highest BCUT2D eigenvalue weighted by Crippen LogP contribution is 2.61. The van der Waals surface area contributed by atoms with Gasteiger partial charge in [-0.1, -0.05) is 152 Å². The van der Waals surface area contributed by atoms with Gasteiger partial charge in [0, 0.05) is 42.7 Å². The van der Waals surface area contributed by atoms with Crippen LogP contribution < -0.4 is 5.11 Å². The third-order valence-corrected chi connectivity index (χ3v) is 11.9. The lowest BCUT2D eigenvalue weighted by molar-refractivity contribution is -0.796. The second-order valence-corrected chi connectivity index (χ2v) is 15.8. The van der Waals surface area contributed by atoms with Gasteiger partial charge in [-0.15, -0.1) is 0 Å². The van der Waals surface area contributed by atoms with Crippen LogP contribution in [0.15, 0.2) is 175 Å². The average Bonchev–Trinajstić information content (AvgIpc) is 3.42. The van der Waals surface area contributed by atoms with E-state index in [2.05, 4.69) is 0 Å². The molecule has 0 saturated heterocycles. The molecule has 6 rings (SSSR count). The summed E-state index contributed by atoms with van der Waals surface area (Å²) in [5.74, 6) is -25.0. The topological polar surface area (TPSA) is 263 Å². The Morgan fingerprint density at radius 3 is 1.27 bits per heavy atom. The molecule has 3 atom stereocenters. The predicted molar refractivity (Wildman–Crippen MR) is 251 cm³/mol. The van der Waals surface area contributed by atoms with Crippen LogP contribution in [0.5, 0.6) is 0 Å². The summed E-state index contributed by atoms with van der Waals surface area (Å²) in [6, 6.07) is 40.0. The minimum Gasteiger partial charge on any atom is -0.860 e. The van der Waals surface area contributed by atoms with Gasteiger partial charge in [-0.3, -0.25) is 39.8 Å². The lowest BCUT2D eigenvalue weighted by atomic mass is 9.74. The van der Waals surface area contributed by atoms with Crippen LogP contribution in [0.2, 0.25) is 0 Å². The van der Waals surface area contributed by atoms with Gasteiger partial charge in [0.05, 0.1) is 23.1 Å². The molecule has 22 heteroatoms. The van der Waals surface area contributed by atoms with E-state index < -0.39 is 99.5 Å². The summed E-state index contributed by atoms with van der Waals surface area (Å²) in [5.41, 5.74) is 1.60. The SMILES string of the molecule is COC1(OC)C(OCc2ccccc2)=C(OCc2ccccc2)C(C(OCc2ccccc2)(OC(OCc2ccccc2)(C([O-])=C(OCc2ccccc2)[N+](=O)[O-])[N+](=O)[O-])[N+](=O)[O-])C(OC)(OC)C1(OC)OC. The quantitative estimate of drug-likeness (QED) is 0.0222. The molecule has 0 aromatic heterocycles. The van der Waals surface area contributed by atoms with E-state index in [9.17, 15) is 30.3 Å². The molecule has 1 aliphatic rings. The summed E-state index contributed by atoms with van der Waals surface area (Å²) >= 11 is 0. The zero-order chi connectivity index (χ0) is 52.7. The third-order valence-electron chi connectivity index (χ3n) is 11.9. The van der Waals surface area contributed by atoms with Crippen molar-refractivity contribution in [2.75, 3.05) is 42.7 Å². The molecule has 5 aromatic rings. The molecule has 0 N–H and O–H groups in total. The molecule has 0 aliphatic heterocycles. The Balaban J connectivity index is 1.80. The molecular weight excluding hydrogens is 959 g/mol. The van der Waals surface area contributed by atoms with Gasteiger partial charge in [0.15, 0.2) is 5.76 Å². The second-order valence-electron chi connectivity index (χ2n) is 15.8. The molecule has 0 radical (unpaired) electrons. The lowest BCUT2D eigenvalue weighted by Gasteiger charge is -2.59. The molecule has 388 valence electrons. The van der Waals surface area contributed by atoms with Crippen molar-refractivity contribution in [2.24, 2.45) is 5.92 Å². The van der Waals surface area contributed by atoms with Gasteiger partial charge in [0.2, 0.25) is 11.7 Å².